The summed E-state index contributed by atoms with van der Waals surface area (Å²) in [5.74, 6) is 0.628. The molecule has 41 heavy (non-hydrogen) atoms. The van der Waals surface area contributed by atoms with E-state index in [0.29, 0.717) is 5.92 Å². The molecule has 0 saturated carbocycles. The zero-order valence-electron chi connectivity index (χ0n) is 24.9. The van der Waals surface area contributed by atoms with E-state index < -0.39 is 0 Å². The van der Waals surface area contributed by atoms with Gasteiger partial charge in [-0.1, -0.05) is 102 Å². The maximum absolute atomic E-state index is 3.65. The average Bonchev–Trinajstić information content (AvgIpc) is 3.59. The van der Waals surface area contributed by atoms with Crippen LogP contribution in [0.3, 0.4) is 0 Å². The number of allylic oxidation sites excluding steroid dienone is 4. The van der Waals surface area contributed by atoms with Crippen LogP contribution in [0.5, 0.6) is 0 Å². The summed E-state index contributed by atoms with van der Waals surface area (Å²) in [6.45, 7) is 6.77. The molecule has 0 aliphatic heterocycles. The van der Waals surface area contributed by atoms with Crippen LogP contribution in [-0.2, 0) is 24.2 Å². The first-order valence-electron chi connectivity index (χ1n) is 15.2. The van der Waals surface area contributed by atoms with Crippen LogP contribution in [0, 0.1) is 12.0 Å². The number of hydrogen-bond acceptors (Lipinski definition) is 0. The minimum Gasteiger partial charge on any atom is -0.126 e. The summed E-state index contributed by atoms with van der Waals surface area (Å²) < 4.78 is 1.42. The zero-order chi connectivity index (χ0) is 28.9. The van der Waals surface area contributed by atoms with Gasteiger partial charge in [0.1, 0.15) is 0 Å². The van der Waals surface area contributed by atoms with Gasteiger partial charge in [-0.25, -0.2) is 5.57 Å². The van der Waals surface area contributed by atoms with Gasteiger partial charge in [0.05, 0.1) is 0 Å². The summed E-state index contributed by atoms with van der Waals surface area (Å²) in [5.41, 5.74) is 5.77. The molecule has 0 aromatic heterocycles. The summed E-state index contributed by atoms with van der Waals surface area (Å²) in [7, 11) is 0. The van der Waals surface area contributed by atoms with Gasteiger partial charge in [-0.05, 0) is 0 Å². The van der Waals surface area contributed by atoms with Crippen molar-refractivity contribution in [1.29, 1.82) is 0 Å². The normalized spacial score (nSPS) is 14.0. The van der Waals surface area contributed by atoms with Crippen LogP contribution in [0.4, 0.5) is 0 Å². The molecule has 1 heteroatoms. The Hall–Kier alpha value is -3.02. The van der Waals surface area contributed by atoms with Crippen molar-refractivity contribution in [2.45, 2.75) is 59.3 Å². The summed E-state index contributed by atoms with van der Waals surface area (Å²) in [6, 6.07) is 40.4. The van der Waals surface area contributed by atoms with Gasteiger partial charge in [0.2, 0.25) is 0 Å². The summed E-state index contributed by atoms with van der Waals surface area (Å²) in [4.78, 5) is 0. The molecule has 0 bridgehead atoms. The molecule has 0 saturated heterocycles. The van der Waals surface area contributed by atoms with E-state index in [1.165, 1.54) is 104 Å². The smallest absolute Gasteiger partial charge is 0.0771 e. The first-order chi connectivity index (χ1) is 20.1. The molecule has 0 nitrogen and oxygen atoms in total. The van der Waals surface area contributed by atoms with Crippen LogP contribution in [0.2, 0.25) is 0 Å². The molecule has 0 spiro atoms. The van der Waals surface area contributed by atoms with Crippen LogP contribution in [0.1, 0.15) is 70.4 Å². The molecule has 206 valence electrons. The Morgan fingerprint density at radius 3 is 1.61 bits per heavy atom. The second kappa shape index (κ2) is 16.4. The van der Waals surface area contributed by atoms with E-state index in [1.807, 2.05) is 0 Å². The fourth-order valence-electron chi connectivity index (χ4n) is 5.43. The zero-order valence-corrected chi connectivity index (χ0v) is 27.3. The predicted molar refractivity (Wildman–Crippen MR) is 176 cm³/mol. The maximum Gasteiger partial charge on any atom is -0.0771 e. The van der Waals surface area contributed by atoms with Gasteiger partial charge in [-0.3, -0.25) is 6.08 Å². The number of hydrogen-bond donors (Lipinski definition) is 0. The van der Waals surface area contributed by atoms with Crippen molar-refractivity contribution in [3.63, 3.8) is 0 Å². The minimum atomic E-state index is 0.628. The number of fused-ring (bicyclic) bond motifs is 3. The van der Waals surface area contributed by atoms with Crippen molar-refractivity contribution < 1.29 is 24.2 Å². The second-order valence-electron chi connectivity index (χ2n) is 10.6. The minimum absolute atomic E-state index is 0.628. The van der Waals surface area contributed by atoms with E-state index in [1.54, 1.807) is 5.57 Å². The van der Waals surface area contributed by atoms with Crippen LogP contribution < -0.4 is 0 Å². The third-order valence-electron chi connectivity index (χ3n) is 7.42. The largest absolute Gasteiger partial charge is 0.126 e. The average molecular weight is 614 g/mol. The molecule has 1 aliphatic carbocycles. The van der Waals surface area contributed by atoms with Crippen molar-refractivity contribution in [2.75, 3.05) is 0 Å². The SMILES string of the molecule is CCCC1=[C-]C(CCC)C=C1CCC.[Zr+2]=[C](c1ccccc1)c1ccccc1.c1ccc2c(c1)[cH-]c1ccccc12. The van der Waals surface area contributed by atoms with Gasteiger partial charge in [0.25, 0.3) is 0 Å². The van der Waals surface area contributed by atoms with Crippen molar-refractivity contribution in [1.82, 2.24) is 0 Å². The van der Waals surface area contributed by atoms with Gasteiger partial charge >= 0.3 is 99.2 Å². The molecule has 0 N–H and O–H groups in total. The molecule has 1 atom stereocenters. The van der Waals surface area contributed by atoms with Crippen LogP contribution in [0.15, 0.2) is 132 Å². The van der Waals surface area contributed by atoms with Crippen LogP contribution in [0.25, 0.3) is 21.5 Å². The van der Waals surface area contributed by atoms with E-state index in [0.717, 1.165) is 0 Å². The van der Waals surface area contributed by atoms with Gasteiger partial charge in [-0.15, -0.1) is 39.7 Å². The van der Waals surface area contributed by atoms with E-state index >= 15 is 0 Å². The molecule has 1 aliphatic rings. The Labute approximate surface area is 262 Å². The first-order valence-corrected chi connectivity index (χ1v) is 16.4. The topological polar surface area (TPSA) is 0 Å². The maximum atomic E-state index is 3.65. The number of rotatable bonds is 8. The Kier molecular flexibility index (Phi) is 12.4. The Bertz CT molecular complexity index is 1450. The van der Waals surface area contributed by atoms with Crippen molar-refractivity contribution >= 4 is 24.8 Å². The van der Waals surface area contributed by atoms with Gasteiger partial charge in [-0.2, -0.15) is 11.6 Å². The Morgan fingerprint density at radius 1 is 0.634 bits per heavy atom. The third kappa shape index (κ3) is 8.73. The van der Waals surface area contributed by atoms with E-state index in [-0.39, 0.29) is 0 Å². The second-order valence-corrected chi connectivity index (χ2v) is 11.9. The molecule has 5 aromatic carbocycles. The Morgan fingerprint density at radius 2 is 1.12 bits per heavy atom. The van der Waals surface area contributed by atoms with E-state index in [9.17, 15) is 0 Å². The Balaban J connectivity index is 0.000000142. The molecular weight excluding hydrogens is 572 g/mol. The molecule has 5 aromatic rings. The van der Waals surface area contributed by atoms with Crippen molar-refractivity contribution in [3.05, 3.63) is 150 Å². The number of benzene rings is 4. The molecule has 0 fully saturated rings. The molecule has 6 rings (SSSR count). The fourth-order valence-corrected chi connectivity index (χ4v) is 6.25. The first kappa shape index (κ1) is 30.9. The van der Waals surface area contributed by atoms with Gasteiger partial charge < -0.3 is 0 Å². The predicted octanol–water partition coefficient (Wildman–Crippen LogP) is 11.2. The third-order valence-corrected chi connectivity index (χ3v) is 8.84. The monoisotopic (exact) mass is 612 g/mol. The molecule has 0 radical (unpaired) electrons. The standard InChI is InChI=1S/C14H23.C13H9.C13H10.Zr/c1-4-7-12-10-13(8-5-2)14(11-12)9-6-3;1-3-7-12-10(5-1)9-11-6-2-4-8-13(11)12;1-3-7-12(8-4-1)11-13-9-5-2-6-10-13;/h10,12H,4-9H2,1-3H3;1-9H;1-10H;/q2*-1;;+2. The van der Waals surface area contributed by atoms with Gasteiger partial charge in [0, 0.05) is 0 Å². The van der Waals surface area contributed by atoms with Crippen LogP contribution in [-0.4, -0.2) is 3.21 Å². The van der Waals surface area contributed by atoms with Crippen molar-refractivity contribution in [2.24, 2.45) is 5.92 Å². The molecule has 0 heterocycles. The summed E-state index contributed by atoms with van der Waals surface area (Å²) in [6.07, 6.45) is 13.7. The summed E-state index contributed by atoms with van der Waals surface area (Å²) >= 11 is 1.46. The quantitative estimate of drug-likeness (QED) is 0.153. The van der Waals surface area contributed by atoms with Gasteiger partial charge in [0.15, 0.2) is 0 Å². The molecular formula is C40H42Zr. The van der Waals surface area contributed by atoms with Crippen LogP contribution >= 0.6 is 0 Å². The van der Waals surface area contributed by atoms with E-state index in [4.69, 9.17) is 0 Å². The summed E-state index contributed by atoms with van der Waals surface area (Å²) in [5, 5.41) is 5.39. The van der Waals surface area contributed by atoms with E-state index in [2.05, 4.69) is 148 Å². The fraction of sp³-hybridized carbons (Fsp3) is 0.250. The van der Waals surface area contributed by atoms with Crippen molar-refractivity contribution in [3.8, 4) is 0 Å². The molecule has 0 amide bonds. The molecule has 1 unspecified atom stereocenters.